The lowest BCUT2D eigenvalue weighted by Gasteiger charge is -2.26. The van der Waals surface area contributed by atoms with Crippen LogP contribution < -0.4 is 10.6 Å². The minimum atomic E-state index is -0.571. The summed E-state index contributed by atoms with van der Waals surface area (Å²) in [5.74, 6) is -0.198. The van der Waals surface area contributed by atoms with Gasteiger partial charge in [-0.2, -0.15) is 0 Å². The Bertz CT molecular complexity index is 644. The molecule has 1 unspecified atom stereocenters. The van der Waals surface area contributed by atoms with Gasteiger partial charge in [0.1, 0.15) is 0 Å². The standard InChI is InChI=1S/C14H14ClN3O3/c15-9-4-2-1-3-8(9)12-11-10(16-14(21)17-12)7-18(5-6-19)13(11)20/h1-4,12,19H,5-7H2,(H2,16,17,21). The number of rotatable bonds is 3. The van der Waals surface area contributed by atoms with Crippen molar-refractivity contribution in [2.24, 2.45) is 0 Å². The highest BCUT2D eigenvalue weighted by Gasteiger charge is 2.40. The number of aliphatic hydroxyl groups excluding tert-OH is 1. The number of hydrogen-bond donors (Lipinski definition) is 3. The Morgan fingerprint density at radius 2 is 2.10 bits per heavy atom. The molecule has 3 amide bonds. The third kappa shape index (κ3) is 2.36. The van der Waals surface area contributed by atoms with Crippen molar-refractivity contribution in [3.8, 4) is 0 Å². The minimum absolute atomic E-state index is 0.121. The zero-order chi connectivity index (χ0) is 15.0. The van der Waals surface area contributed by atoms with Crippen molar-refractivity contribution in [2.45, 2.75) is 6.04 Å². The molecule has 0 fully saturated rings. The van der Waals surface area contributed by atoms with Crippen LogP contribution in [0.15, 0.2) is 35.5 Å². The molecule has 3 rings (SSSR count). The third-order valence-corrected chi connectivity index (χ3v) is 3.95. The van der Waals surface area contributed by atoms with Crippen LogP contribution in [0.25, 0.3) is 0 Å². The Hall–Kier alpha value is -2.05. The van der Waals surface area contributed by atoms with E-state index in [1.165, 1.54) is 4.90 Å². The summed E-state index contributed by atoms with van der Waals surface area (Å²) < 4.78 is 0. The van der Waals surface area contributed by atoms with Gasteiger partial charge >= 0.3 is 6.03 Å². The Morgan fingerprint density at radius 3 is 2.81 bits per heavy atom. The average Bonchev–Trinajstić information content (AvgIpc) is 2.75. The van der Waals surface area contributed by atoms with E-state index in [0.29, 0.717) is 28.4 Å². The van der Waals surface area contributed by atoms with E-state index in [-0.39, 0.29) is 25.1 Å². The average molecular weight is 308 g/mol. The van der Waals surface area contributed by atoms with Crippen molar-refractivity contribution in [3.63, 3.8) is 0 Å². The zero-order valence-electron chi connectivity index (χ0n) is 11.1. The highest BCUT2D eigenvalue weighted by Crippen LogP contribution is 2.35. The molecule has 1 aromatic carbocycles. The summed E-state index contributed by atoms with van der Waals surface area (Å²) >= 11 is 6.18. The van der Waals surface area contributed by atoms with Gasteiger partial charge in [0.2, 0.25) is 0 Å². The number of aliphatic hydroxyl groups is 1. The molecule has 3 N–H and O–H groups in total. The lowest BCUT2D eigenvalue weighted by molar-refractivity contribution is -0.126. The first-order chi connectivity index (χ1) is 10.1. The number of β-amino-alcohol motifs (C(OH)–C–C–N with tert-alkyl or cyclic N) is 1. The van der Waals surface area contributed by atoms with Crippen LogP contribution in [0, 0.1) is 0 Å². The van der Waals surface area contributed by atoms with Crippen LogP contribution in [0.1, 0.15) is 11.6 Å². The normalized spacial score (nSPS) is 21.2. The van der Waals surface area contributed by atoms with Crippen LogP contribution in [0.4, 0.5) is 4.79 Å². The largest absolute Gasteiger partial charge is 0.395 e. The smallest absolute Gasteiger partial charge is 0.319 e. The molecule has 110 valence electrons. The first-order valence-corrected chi connectivity index (χ1v) is 6.94. The van der Waals surface area contributed by atoms with E-state index in [1.807, 2.05) is 0 Å². The van der Waals surface area contributed by atoms with Gasteiger partial charge in [0, 0.05) is 11.6 Å². The summed E-state index contributed by atoms with van der Waals surface area (Å²) in [6.07, 6.45) is 0. The van der Waals surface area contributed by atoms with Crippen molar-refractivity contribution in [1.82, 2.24) is 15.5 Å². The number of hydrogen-bond acceptors (Lipinski definition) is 3. The molecule has 2 heterocycles. The van der Waals surface area contributed by atoms with Crippen molar-refractivity contribution in [2.75, 3.05) is 19.7 Å². The Labute approximate surface area is 126 Å². The van der Waals surface area contributed by atoms with Gasteiger partial charge < -0.3 is 20.6 Å². The number of benzene rings is 1. The van der Waals surface area contributed by atoms with Crippen LogP contribution in [0.3, 0.4) is 0 Å². The molecule has 1 aromatic rings. The lowest BCUT2D eigenvalue weighted by Crippen LogP contribution is -2.44. The Kier molecular flexibility index (Phi) is 3.57. The van der Waals surface area contributed by atoms with Crippen LogP contribution in [0.2, 0.25) is 5.02 Å². The summed E-state index contributed by atoms with van der Waals surface area (Å²) in [5, 5.41) is 14.9. The zero-order valence-corrected chi connectivity index (χ0v) is 11.9. The number of carbonyl (C=O) groups is 2. The number of carbonyl (C=O) groups excluding carboxylic acids is 2. The lowest BCUT2D eigenvalue weighted by atomic mass is 9.96. The molecule has 1 atom stereocenters. The van der Waals surface area contributed by atoms with E-state index < -0.39 is 6.04 Å². The second-order valence-electron chi connectivity index (χ2n) is 4.90. The number of nitrogens with one attached hydrogen (secondary N) is 2. The highest BCUT2D eigenvalue weighted by atomic mass is 35.5. The maximum atomic E-state index is 12.5. The highest BCUT2D eigenvalue weighted by molar-refractivity contribution is 6.31. The molecule has 2 aliphatic heterocycles. The van der Waals surface area contributed by atoms with Crippen LogP contribution in [-0.4, -0.2) is 41.6 Å². The molecule has 21 heavy (non-hydrogen) atoms. The predicted molar refractivity (Wildman–Crippen MR) is 76.6 cm³/mol. The fourth-order valence-corrected chi connectivity index (χ4v) is 2.92. The summed E-state index contributed by atoms with van der Waals surface area (Å²) in [6, 6.07) is 6.16. The summed E-state index contributed by atoms with van der Waals surface area (Å²) in [5.41, 5.74) is 1.74. The number of halogens is 1. The van der Waals surface area contributed by atoms with E-state index in [9.17, 15) is 9.59 Å². The molecule has 0 saturated carbocycles. The maximum Gasteiger partial charge on any atom is 0.319 e. The minimum Gasteiger partial charge on any atom is -0.395 e. The van der Waals surface area contributed by atoms with E-state index >= 15 is 0 Å². The van der Waals surface area contributed by atoms with E-state index in [2.05, 4.69) is 10.6 Å². The SMILES string of the molecule is O=C1NC2=C(C(=O)N(CCO)C2)C(c2ccccc2Cl)N1. The molecular weight excluding hydrogens is 294 g/mol. The second-order valence-corrected chi connectivity index (χ2v) is 5.30. The van der Waals surface area contributed by atoms with Gasteiger partial charge in [-0.05, 0) is 11.6 Å². The number of nitrogens with zero attached hydrogens (tertiary/aromatic N) is 1. The van der Waals surface area contributed by atoms with E-state index in [0.717, 1.165) is 0 Å². The van der Waals surface area contributed by atoms with Crippen molar-refractivity contribution >= 4 is 23.5 Å². The van der Waals surface area contributed by atoms with Gasteiger partial charge in [-0.15, -0.1) is 0 Å². The van der Waals surface area contributed by atoms with E-state index in [4.69, 9.17) is 16.7 Å². The Morgan fingerprint density at radius 1 is 1.33 bits per heavy atom. The first-order valence-electron chi connectivity index (χ1n) is 6.57. The van der Waals surface area contributed by atoms with Gasteiger partial charge in [0.15, 0.2) is 0 Å². The van der Waals surface area contributed by atoms with Crippen LogP contribution in [-0.2, 0) is 4.79 Å². The fraction of sp³-hybridized carbons (Fsp3) is 0.286. The van der Waals surface area contributed by atoms with Crippen molar-refractivity contribution in [1.29, 1.82) is 0 Å². The van der Waals surface area contributed by atoms with Gasteiger partial charge in [0.05, 0.1) is 30.5 Å². The van der Waals surface area contributed by atoms with Gasteiger partial charge in [0.25, 0.3) is 5.91 Å². The summed E-state index contributed by atoms with van der Waals surface area (Å²) in [7, 11) is 0. The molecule has 0 spiro atoms. The molecule has 0 aliphatic carbocycles. The quantitative estimate of drug-likeness (QED) is 0.772. The molecule has 0 saturated heterocycles. The monoisotopic (exact) mass is 307 g/mol. The topological polar surface area (TPSA) is 81.7 Å². The summed E-state index contributed by atoms with van der Waals surface area (Å²) in [4.78, 5) is 25.7. The Balaban J connectivity index is 2.01. The van der Waals surface area contributed by atoms with Crippen molar-refractivity contribution in [3.05, 3.63) is 46.1 Å². The van der Waals surface area contributed by atoms with Gasteiger partial charge in [-0.1, -0.05) is 29.8 Å². The predicted octanol–water partition coefficient (Wildman–Crippen LogP) is 0.782. The van der Waals surface area contributed by atoms with Gasteiger partial charge in [-0.25, -0.2) is 4.79 Å². The molecule has 0 aromatic heterocycles. The number of amides is 3. The number of urea groups is 1. The van der Waals surface area contributed by atoms with E-state index in [1.54, 1.807) is 24.3 Å². The molecule has 0 bridgehead atoms. The molecule has 2 aliphatic rings. The molecular formula is C14H14ClN3O3. The first kappa shape index (κ1) is 13.9. The second kappa shape index (κ2) is 5.38. The maximum absolute atomic E-state index is 12.5. The third-order valence-electron chi connectivity index (χ3n) is 3.61. The van der Waals surface area contributed by atoms with Gasteiger partial charge in [-0.3, -0.25) is 4.79 Å². The molecule has 7 heteroatoms. The fourth-order valence-electron chi connectivity index (χ4n) is 2.67. The molecule has 0 radical (unpaired) electrons. The molecule has 6 nitrogen and oxygen atoms in total. The van der Waals surface area contributed by atoms with Crippen LogP contribution in [0.5, 0.6) is 0 Å². The van der Waals surface area contributed by atoms with Crippen LogP contribution >= 0.6 is 11.6 Å². The summed E-state index contributed by atoms with van der Waals surface area (Å²) in [6.45, 7) is 0.407. The van der Waals surface area contributed by atoms with Crippen molar-refractivity contribution < 1.29 is 14.7 Å².